The van der Waals surface area contributed by atoms with Crippen molar-refractivity contribution in [2.24, 2.45) is 0 Å². The third kappa shape index (κ3) is 6.06. The van der Waals surface area contributed by atoms with E-state index in [4.69, 9.17) is 4.42 Å². The molecule has 0 saturated carbocycles. The fourth-order valence-electron chi connectivity index (χ4n) is 3.01. The van der Waals surface area contributed by atoms with Crippen LogP contribution in [-0.2, 0) is 14.8 Å². The summed E-state index contributed by atoms with van der Waals surface area (Å²) < 4.78 is 32.2. The molecule has 1 amide bonds. The molecule has 0 aliphatic carbocycles. The molecule has 174 valence electrons. The van der Waals surface area contributed by atoms with Gasteiger partial charge in [0.2, 0.25) is 21.8 Å². The lowest BCUT2D eigenvalue weighted by molar-refractivity contribution is -0.113. The second-order valence-electron chi connectivity index (χ2n) is 6.96. The van der Waals surface area contributed by atoms with Crippen LogP contribution in [0.3, 0.4) is 0 Å². The van der Waals surface area contributed by atoms with Crippen molar-refractivity contribution >= 4 is 39.2 Å². The van der Waals surface area contributed by atoms with Gasteiger partial charge < -0.3 is 9.73 Å². The van der Waals surface area contributed by atoms with Crippen molar-refractivity contribution in [3.63, 3.8) is 0 Å². The molecule has 1 heterocycles. The third-order valence-electron chi connectivity index (χ3n) is 4.73. The molecule has 0 unspecified atom stereocenters. The van der Waals surface area contributed by atoms with Crippen LogP contribution in [0.5, 0.6) is 0 Å². The first-order valence-electron chi connectivity index (χ1n) is 10.2. The minimum absolute atomic E-state index is 0.0347. The number of thioether (sulfide) groups is 1. The first-order valence-corrected chi connectivity index (χ1v) is 12.6. The van der Waals surface area contributed by atoms with Crippen LogP contribution < -0.4 is 5.32 Å². The second kappa shape index (κ2) is 10.7. The maximum atomic E-state index is 12.6. The van der Waals surface area contributed by atoms with Crippen molar-refractivity contribution in [3.8, 4) is 11.5 Å². The number of nitrogens with zero attached hydrogens (tertiary/aromatic N) is 3. The van der Waals surface area contributed by atoms with Gasteiger partial charge in [0.1, 0.15) is 0 Å². The summed E-state index contributed by atoms with van der Waals surface area (Å²) in [4.78, 5) is 23.9. The highest BCUT2D eigenvalue weighted by Crippen LogP contribution is 2.25. The van der Waals surface area contributed by atoms with Crippen molar-refractivity contribution in [2.45, 2.75) is 30.9 Å². The molecule has 11 heteroatoms. The number of Topliss-reactive ketones (excluding diaryl/α,β-unsaturated/α-hetero) is 1. The Kier molecular flexibility index (Phi) is 8.01. The van der Waals surface area contributed by atoms with Crippen LogP contribution in [0.1, 0.15) is 31.1 Å². The molecule has 3 aromatic rings. The number of aromatic nitrogens is 2. The molecule has 0 saturated heterocycles. The van der Waals surface area contributed by atoms with Crippen molar-refractivity contribution in [2.75, 3.05) is 24.2 Å². The molecule has 1 N–H and O–H groups in total. The molecule has 0 atom stereocenters. The van der Waals surface area contributed by atoms with Crippen LogP contribution in [0.4, 0.5) is 5.69 Å². The lowest BCUT2D eigenvalue weighted by Gasteiger charge is -2.18. The molecule has 33 heavy (non-hydrogen) atoms. The van der Waals surface area contributed by atoms with E-state index >= 15 is 0 Å². The number of hydrogen-bond donors (Lipinski definition) is 1. The average molecular weight is 489 g/mol. The van der Waals surface area contributed by atoms with Gasteiger partial charge in [0, 0.05) is 29.9 Å². The summed E-state index contributed by atoms with van der Waals surface area (Å²) >= 11 is 1.07. The van der Waals surface area contributed by atoms with Crippen LogP contribution in [0.2, 0.25) is 0 Å². The molecule has 3 rings (SSSR count). The molecule has 0 aliphatic rings. The maximum absolute atomic E-state index is 12.6. The molecule has 0 spiro atoms. The number of ketones is 1. The van der Waals surface area contributed by atoms with Crippen LogP contribution in [-0.4, -0.2) is 53.5 Å². The van der Waals surface area contributed by atoms with Gasteiger partial charge in [-0.05, 0) is 43.3 Å². The molecule has 0 radical (unpaired) electrons. The third-order valence-corrected chi connectivity index (χ3v) is 7.61. The van der Waals surface area contributed by atoms with Gasteiger partial charge in [-0.25, -0.2) is 8.42 Å². The van der Waals surface area contributed by atoms with Gasteiger partial charge in [0.25, 0.3) is 5.22 Å². The van der Waals surface area contributed by atoms with Gasteiger partial charge in [-0.2, -0.15) is 4.31 Å². The first kappa shape index (κ1) is 24.6. The number of rotatable bonds is 10. The fraction of sp³-hybridized carbons (Fsp3) is 0.273. The Morgan fingerprint density at radius 3 is 2.39 bits per heavy atom. The van der Waals surface area contributed by atoms with Crippen molar-refractivity contribution < 1.29 is 22.4 Å². The normalized spacial score (nSPS) is 11.5. The Labute approximate surface area is 196 Å². The number of benzene rings is 2. The van der Waals surface area contributed by atoms with Crippen LogP contribution in [0.25, 0.3) is 11.5 Å². The molecule has 1 aromatic heterocycles. The molecular weight excluding hydrogens is 464 g/mol. The topological polar surface area (TPSA) is 122 Å². The monoisotopic (exact) mass is 488 g/mol. The molecule has 0 fully saturated rings. The first-order chi connectivity index (χ1) is 15.7. The van der Waals surface area contributed by atoms with E-state index in [1.807, 2.05) is 0 Å². The van der Waals surface area contributed by atoms with Crippen LogP contribution >= 0.6 is 11.8 Å². The Morgan fingerprint density at radius 1 is 1.06 bits per heavy atom. The Bertz CT molecular complexity index is 1240. The summed E-state index contributed by atoms with van der Waals surface area (Å²) in [5, 5.41) is 10.8. The van der Waals surface area contributed by atoms with E-state index in [1.54, 1.807) is 50.2 Å². The van der Waals surface area contributed by atoms with E-state index in [2.05, 4.69) is 15.5 Å². The van der Waals surface area contributed by atoms with E-state index in [0.29, 0.717) is 29.9 Å². The summed E-state index contributed by atoms with van der Waals surface area (Å²) in [6, 6.07) is 12.9. The minimum atomic E-state index is -3.55. The standard InChI is InChI=1S/C22H24N4O5S2/c1-4-26(5-2)33(29,30)19-11-9-16(10-12-19)21-24-25-22(31-21)32-14-20(28)23-18-8-6-7-17(13-18)15(3)27/h6-13H,4-5,14H2,1-3H3,(H,23,28). The highest BCUT2D eigenvalue weighted by molar-refractivity contribution is 7.99. The minimum Gasteiger partial charge on any atom is -0.411 e. The number of carbonyl (C=O) groups excluding carboxylic acids is 2. The zero-order valence-corrected chi connectivity index (χ0v) is 20.1. The van der Waals surface area contributed by atoms with E-state index in [9.17, 15) is 18.0 Å². The smallest absolute Gasteiger partial charge is 0.277 e. The lowest BCUT2D eigenvalue weighted by atomic mass is 10.1. The number of anilines is 1. The van der Waals surface area contributed by atoms with Crippen LogP contribution in [0.15, 0.2) is 63.1 Å². The maximum Gasteiger partial charge on any atom is 0.277 e. The van der Waals surface area contributed by atoms with Gasteiger partial charge >= 0.3 is 0 Å². The Morgan fingerprint density at radius 2 is 1.76 bits per heavy atom. The Hall–Kier alpha value is -3.02. The van der Waals surface area contributed by atoms with Crippen molar-refractivity contribution in [1.29, 1.82) is 0 Å². The zero-order valence-electron chi connectivity index (χ0n) is 18.4. The quantitative estimate of drug-likeness (QED) is 0.339. The van der Waals surface area contributed by atoms with E-state index in [1.165, 1.54) is 23.4 Å². The fourth-order valence-corrected chi connectivity index (χ4v) is 5.03. The van der Waals surface area contributed by atoms with Gasteiger partial charge in [-0.1, -0.05) is 37.7 Å². The highest BCUT2D eigenvalue weighted by Gasteiger charge is 2.21. The van der Waals surface area contributed by atoms with Gasteiger partial charge in [-0.3, -0.25) is 9.59 Å². The van der Waals surface area contributed by atoms with Gasteiger partial charge in [-0.15, -0.1) is 10.2 Å². The summed E-state index contributed by atoms with van der Waals surface area (Å²) in [6.07, 6.45) is 0. The highest BCUT2D eigenvalue weighted by atomic mass is 32.2. The predicted molar refractivity (Wildman–Crippen MR) is 126 cm³/mol. The Balaban J connectivity index is 1.61. The van der Waals surface area contributed by atoms with E-state index in [-0.39, 0.29) is 33.5 Å². The molecule has 2 aromatic carbocycles. The van der Waals surface area contributed by atoms with E-state index < -0.39 is 10.0 Å². The average Bonchev–Trinajstić information content (AvgIpc) is 3.28. The second-order valence-corrected chi connectivity index (χ2v) is 9.83. The number of hydrogen-bond acceptors (Lipinski definition) is 8. The van der Waals surface area contributed by atoms with Gasteiger partial charge in [0.15, 0.2) is 5.78 Å². The molecule has 9 nitrogen and oxygen atoms in total. The summed E-state index contributed by atoms with van der Waals surface area (Å²) in [5.74, 6) is -0.115. The SMILES string of the molecule is CCN(CC)S(=O)(=O)c1ccc(-c2nnc(SCC(=O)Nc3cccc(C(C)=O)c3)o2)cc1. The number of sulfonamides is 1. The number of carbonyl (C=O) groups is 2. The molecule has 0 bridgehead atoms. The van der Waals surface area contributed by atoms with Crippen molar-refractivity contribution in [1.82, 2.24) is 14.5 Å². The van der Waals surface area contributed by atoms with E-state index in [0.717, 1.165) is 11.8 Å². The molecule has 0 aliphatic heterocycles. The summed E-state index contributed by atoms with van der Waals surface area (Å²) in [5.41, 5.74) is 1.61. The predicted octanol–water partition coefficient (Wildman–Crippen LogP) is 3.70. The molecular formula is C22H24N4O5S2. The lowest BCUT2D eigenvalue weighted by Crippen LogP contribution is -2.30. The largest absolute Gasteiger partial charge is 0.411 e. The summed E-state index contributed by atoms with van der Waals surface area (Å²) in [7, 11) is -3.55. The van der Waals surface area contributed by atoms with Crippen LogP contribution in [0, 0.1) is 0 Å². The van der Waals surface area contributed by atoms with Crippen molar-refractivity contribution in [3.05, 3.63) is 54.1 Å². The summed E-state index contributed by atoms with van der Waals surface area (Å²) in [6.45, 7) is 5.82. The van der Waals surface area contributed by atoms with Gasteiger partial charge in [0.05, 0.1) is 10.6 Å². The zero-order chi connectivity index (χ0) is 24.0. The number of amides is 1. The number of nitrogens with one attached hydrogen (secondary N) is 1.